The quantitative estimate of drug-likeness (QED) is 0.828. The predicted octanol–water partition coefficient (Wildman–Crippen LogP) is 3.67. The lowest BCUT2D eigenvalue weighted by Crippen LogP contribution is -2.38. The Bertz CT molecular complexity index is 844. The maximum absolute atomic E-state index is 13.0. The Balaban J connectivity index is 1.67. The molecule has 1 N–H and O–H groups in total. The third-order valence-corrected chi connectivity index (χ3v) is 4.24. The number of alkyl halides is 3. The van der Waals surface area contributed by atoms with E-state index >= 15 is 0 Å². The van der Waals surface area contributed by atoms with Crippen molar-refractivity contribution in [3.63, 3.8) is 0 Å². The zero-order valence-electron chi connectivity index (χ0n) is 14.5. The highest BCUT2D eigenvalue weighted by Gasteiger charge is 2.34. The molecule has 1 aromatic carbocycles. The number of halogens is 3. The van der Waals surface area contributed by atoms with Gasteiger partial charge in [-0.2, -0.15) is 13.2 Å². The number of para-hydroxylation sites is 1. The van der Waals surface area contributed by atoms with E-state index in [1.54, 1.807) is 13.0 Å². The van der Waals surface area contributed by atoms with Crippen molar-refractivity contribution in [1.82, 2.24) is 10.1 Å². The summed E-state index contributed by atoms with van der Waals surface area (Å²) in [6.07, 6.45) is -2.62. The van der Waals surface area contributed by atoms with Crippen LogP contribution in [0.2, 0.25) is 0 Å². The molecule has 0 saturated heterocycles. The number of aromatic nitrogens is 1. The number of hydrogen-bond acceptors (Lipinski definition) is 4. The number of carbonyl (C=O) groups is 2. The van der Waals surface area contributed by atoms with E-state index in [0.29, 0.717) is 5.76 Å². The Morgan fingerprint density at radius 2 is 2.00 bits per heavy atom. The number of nitrogens with zero attached hydrogens (tertiary/aromatic N) is 2. The first kappa shape index (κ1) is 18.9. The van der Waals surface area contributed by atoms with Crippen LogP contribution in [0.5, 0.6) is 0 Å². The van der Waals surface area contributed by atoms with Gasteiger partial charge < -0.3 is 14.7 Å². The van der Waals surface area contributed by atoms with Gasteiger partial charge in [-0.25, -0.2) is 0 Å². The molecule has 0 spiro atoms. The zero-order chi connectivity index (χ0) is 19.6. The van der Waals surface area contributed by atoms with Crippen LogP contribution in [-0.2, 0) is 11.0 Å². The first-order valence-electron chi connectivity index (χ1n) is 8.51. The number of rotatable bonds is 6. The van der Waals surface area contributed by atoms with E-state index in [1.807, 2.05) is 0 Å². The number of benzene rings is 1. The summed E-state index contributed by atoms with van der Waals surface area (Å²) >= 11 is 0. The van der Waals surface area contributed by atoms with E-state index in [9.17, 15) is 22.8 Å². The van der Waals surface area contributed by atoms with Crippen molar-refractivity contribution in [3.8, 4) is 0 Å². The Morgan fingerprint density at radius 3 is 2.63 bits per heavy atom. The van der Waals surface area contributed by atoms with E-state index in [-0.39, 0.29) is 23.8 Å². The molecule has 0 bridgehead atoms. The molecule has 27 heavy (non-hydrogen) atoms. The summed E-state index contributed by atoms with van der Waals surface area (Å²) < 4.78 is 44.2. The molecule has 3 rings (SSSR count). The van der Waals surface area contributed by atoms with E-state index in [2.05, 4.69) is 10.5 Å². The molecular formula is C18H18F3N3O3. The van der Waals surface area contributed by atoms with Gasteiger partial charge in [0.2, 0.25) is 5.91 Å². The van der Waals surface area contributed by atoms with Gasteiger partial charge >= 0.3 is 6.18 Å². The summed E-state index contributed by atoms with van der Waals surface area (Å²) in [5, 5.41) is 5.96. The van der Waals surface area contributed by atoms with Crippen LogP contribution in [0.25, 0.3) is 0 Å². The molecule has 2 amide bonds. The van der Waals surface area contributed by atoms with Crippen LogP contribution in [0.4, 0.5) is 18.9 Å². The van der Waals surface area contributed by atoms with Crippen LogP contribution >= 0.6 is 0 Å². The number of nitrogens with one attached hydrogen (secondary N) is 1. The minimum Gasteiger partial charge on any atom is -0.360 e. The van der Waals surface area contributed by atoms with Crippen molar-refractivity contribution < 1.29 is 27.3 Å². The van der Waals surface area contributed by atoms with Crippen molar-refractivity contribution >= 4 is 17.5 Å². The van der Waals surface area contributed by atoms with Crippen LogP contribution in [0.3, 0.4) is 0 Å². The molecule has 0 atom stereocenters. The summed E-state index contributed by atoms with van der Waals surface area (Å²) in [5.41, 5.74) is -1.21. The van der Waals surface area contributed by atoms with Crippen LogP contribution in [-0.4, -0.2) is 35.0 Å². The summed E-state index contributed by atoms with van der Waals surface area (Å²) in [6, 6.07) is 6.23. The number of carbonyl (C=O) groups excluding carboxylic acids is 2. The van der Waals surface area contributed by atoms with Gasteiger partial charge in [0.1, 0.15) is 12.3 Å². The minimum absolute atomic E-state index is 0.0854. The van der Waals surface area contributed by atoms with Gasteiger partial charge in [-0.05, 0) is 31.9 Å². The fourth-order valence-electron chi connectivity index (χ4n) is 2.64. The molecular weight excluding hydrogens is 363 g/mol. The van der Waals surface area contributed by atoms with Gasteiger partial charge in [-0.3, -0.25) is 9.59 Å². The van der Waals surface area contributed by atoms with Gasteiger partial charge in [0.15, 0.2) is 5.69 Å². The van der Waals surface area contributed by atoms with Crippen LogP contribution < -0.4 is 5.32 Å². The number of likely N-dealkylation sites (N-methyl/N-ethyl adjacent to an activating group) is 1. The minimum atomic E-state index is -4.59. The third-order valence-electron chi connectivity index (χ3n) is 4.24. The van der Waals surface area contributed by atoms with Gasteiger partial charge in [-0.1, -0.05) is 17.3 Å². The Morgan fingerprint density at radius 1 is 1.30 bits per heavy atom. The smallest absolute Gasteiger partial charge is 0.360 e. The van der Waals surface area contributed by atoms with Gasteiger partial charge in [0.25, 0.3) is 5.91 Å². The SMILES string of the molecule is CCN(CC(=O)Nc1ccccc1C(F)(F)F)C(=O)c1cc(C2CC2)on1. The highest BCUT2D eigenvalue weighted by atomic mass is 19.4. The van der Waals surface area contributed by atoms with E-state index in [0.717, 1.165) is 18.9 Å². The monoisotopic (exact) mass is 381 g/mol. The lowest BCUT2D eigenvalue weighted by atomic mass is 10.1. The van der Waals surface area contributed by atoms with Crippen molar-refractivity contribution in [2.75, 3.05) is 18.4 Å². The van der Waals surface area contributed by atoms with E-state index in [1.165, 1.54) is 23.1 Å². The Kier molecular flexibility index (Phi) is 5.20. The predicted molar refractivity (Wildman–Crippen MR) is 90.1 cm³/mol. The first-order chi connectivity index (χ1) is 12.8. The molecule has 1 aromatic heterocycles. The molecule has 144 valence electrons. The van der Waals surface area contributed by atoms with Crippen LogP contribution in [0.15, 0.2) is 34.9 Å². The molecule has 6 nitrogen and oxygen atoms in total. The number of anilines is 1. The van der Waals surface area contributed by atoms with Crippen LogP contribution in [0, 0.1) is 0 Å². The lowest BCUT2D eigenvalue weighted by Gasteiger charge is -2.20. The van der Waals surface area contributed by atoms with Gasteiger partial charge in [-0.15, -0.1) is 0 Å². The molecule has 1 heterocycles. The highest BCUT2D eigenvalue weighted by molar-refractivity contribution is 5.98. The summed E-state index contributed by atoms with van der Waals surface area (Å²) in [4.78, 5) is 25.9. The first-order valence-corrected chi connectivity index (χ1v) is 8.51. The third kappa shape index (κ3) is 4.47. The van der Waals surface area contributed by atoms with Gasteiger partial charge in [0.05, 0.1) is 11.3 Å². The summed E-state index contributed by atoms with van der Waals surface area (Å²) in [5.74, 6) is -0.311. The van der Waals surface area contributed by atoms with E-state index < -0.39 is 30.1 Å². The molecule has 0 radical (unpaired) electrons. The second-order valence-corrected chi connectivity index (χ2v) is 6.30. The molecule has 1 aliphatic rings. The topological polar surface area (TPSA) is 75.4 Å². The summed E-state index contributed by atoms with van der Waals surface area (Å²) in [6.45, 7) is 1.46. The molecule has 1 saturated carbocycles. The molecule has 0 unspecified atom stereocenters. The molecule has 9 heteroatoms. The second kappa shape index (κ2) is 7.42. The molecule has 0 aliphatic heterocycles. The Labute approximate surface area is 153 Å². The number of amides is 2. The number of hydrogen-bond donors (Lipinski definition) is 1. The van der Waals surface area contributed by atoms with Crippen molar-refractivity contribution in [2.45, 2.75) is 31.9 Å². The zero-order valence-corrected chi connectivity index (χ0v) is 14.5. The molecule has 1 fully saturated rings. The second-order valence-electron chi connectivity index (χ2n) is 6.30. The van der Waals surface area contributed by atoms with Crippen molar-refractivity contribution in [2.24, 2.45) is 0 Å². The van der Waals surface area contributed by atoms with Crippen molar-refractivity contribution in [3.05, 3.63) is 47.3 Å². The molecule has 1 aliphatic carbocycles. The van der Waals surface area contributed by atoms with Gasteiger partial charge in [0, 0.05) is 18.5 Å². The Hall–Kier alpha value is -2.84. The van der Waals surface area contributed by atoms with Crippen LogP contribution in [0.1, 0.15) is 47.5 Å². The maximum Gasteiger partial charge on any atom is 0.418 e. The lowest BCUT2D eigenvalue weighted by molar-refractivity contribution is -0.137. The standard InChI is InChI=1S/C18H18F3N3O3/c1-2-24(17(26)14-9-15(27-23-14)11-7-8-11)10-16(25)22-13-6-4-3-5-12(13)18(19,20)21/h3-6,9,11H,2,7-8,10H2,1H3,(H,22,25). The maximum atomic E-state index is 13.0. The summed E-state index contributed by atoms with van der Waals surface area (Å²) in [7, 11) is 0. The average molecular weight is 381 g/mol. The fraction of sp³-hybridized carbons (Fsp3) is 0.389. The van der Waals surface area contributed by atoms with E-state index in [4.69, 9.17) is 4.52 Å². The highest BCUT2D eigenvalue weighted by Crippen LogP contribution is 2.40. The van der Waals surface area contributed by atoms with Crippen molar-refractivity contribution in [1.29, 1.82) is 0 Å². The fourth-order valence-corrected chi connectivity index (χ4v) is 2.64. The largest absolute Gasteiger partial charge is 0.418 e. The molecule has 2 aromatic rings. The normalized spacial score (nSPS) is 14.1. The average Bonchev–Trinajstić information content (AvgIpc) is 3.35.